The highest BCUT2D eigenvalue weighted by molar-refractivity contribution is 6.39. The van der Waals surface area contributed by atoms with Gasteiger partial charge in [0.2, 0.25) is 11.8 Å². The molecule has 3 N–H and O–H groups in total. The number of methoxy groups -OCH3 is 3. The van der Waals surface area contributed by atoms with Gasteiger partial charge in [-0.3, -0.25) is 24.5 Å². The number of ether oxygens (including phenoxy) is 3. The Morgan fingerprint density at radius 2 is 1.88 bits per heavy atom. The third kappa shape index (κ3) is 8.00. The van der Waals surface area contributed by atoms with E-state index in [2.05, 4.69) is 30.8 Å². The number of likely N-dealkylation sites (tertiary alicyclic amines) is 1. The summed E-state index contributed by atoms with van der Waals surface area (Å²) in [6.07, 6.45) is 5.86. The van der Waals surface area contributed by atoms with Crippen LogP contribution < -0.4 is 25.4 Å². The Bertz CT molecular complexity index is 1880. The summed E-state index contributed by atoms with van der Waals surface area (Å²) >= 11 is 13.8. The number of pyridine rings is 3. The average Bonchev–Trinajstić information content (AvgIpc) is 3.77. The molecule has 14 heteroatoms. The first-order valence-corrected chi connectivity index (χ1v) is 17.1. The lowest BCUT2D eigenvalue weighted by Crippen LogP contribution is -2.35. The van der Waals surface area contributed by atoms with Gasteiger partial charge in [0, 0.05) is 93.0 Å². The number of halogens is 2. The number of nitrogens with zero attached hydrogens (tertiary/aromatic N) is 4. The minimum Gasteiger partial charge on any atom is -0.496 e. The molecule has 0 aliphatic carbocycles. The molecule has 3 aromatic heterocycles. The molecule has 0 saturated carbocycles. The molecule has 2 unspecified atom stereocenters. The van der Waals surface area contributed by atoms with Crippen LogP contribution in [0.4, 0.5) is 5.69 Å². The Morgan fingerprint density at radius 3 is 2.62 bits per heavy atom. The summed E-state index contributed by atoms with van der Waals surface area (Å²) in [4.78, 5) is 40.8. The zero-order chi connectivity index (χ0) is 35.2. The molecule has 1 aromatic carbocycles. The maximum Gasteiger partial charge on any atom is 0.274 e. The Morgan fingerprint density at radius 1 is 1.02 bits per heavy atom. The molecular weight excluding hydrogens is 681 g/mol. The van der Waals surface area contributed by atoms with Crippen LogP contribution in [0.5, 0.6) is 11.6 Å². The van der Waals surface area contributed by atoms with E-state index in [-0.39, 0.29) is 28.8 Å². The predicted octanol–water partition coefficient (Wildman–Crippen LogP) is 5.37. The van der Waals surface area contributed by atoms with E-state index in [0.717, 1.165) is 37.1 Å². The Kier molecular flexibility index (Phi) is 11.5. The SMILES string of the molecule is COc1cc(C(=O)Nc2cccc(-c3nccc(-c4ccc(CNCC5CCC(=O)N5)c(OC)n4)c3Cl)c2Cl)ncc1CN1CCC(OC)C1. The van der Waals surface area contributed by atoms with Crippen LogP contribution in [0.3, 0.4) is 0 Å². The van der Waals surface area contributed by atoms with Crippen LogP contribution in [-0.4, -0.2) is 84.8 Å². The quantitative estimate of drug-likeness (QED) is 0.165. The lowest BCUT2D eigenvalue weighted by molar-refractivity contribution is -0.119. The summed E-state index contributed by atoms with van der Waals surface area (Å²) in [6, 6.07) is 12.6. The molecule has 0 bridgehead atoms. The van der Waals surface area contributed by atoms with E-state index >= 15 is 0 Å². The zero-order valence-corrected chi connectivity index (χ0v) is 29.6. The molecule has 50 heavy (non-hydrogen) atoms. The van der Waals surface area contributed by atoms with Crippen molar-refractivity contribution in [2.45, 2.75) is 44.5 Å². The standard InChI is InChI=1S/C36H39Cl2N7O5/c1-48-24-12-14-45(20-24)19-22-17-41-29(15-30(22)49-2)35(47)43-28-6-4-5-26(32(28)37)34-33(38)25(11-13-40-34)27-9-7-21(36(44-27)50-3)16-39-18-23-8-10-31(46)42-23/h4-7,9,11,13,15,17,23-24,39H,8,10,12,14,16,18-20H2,1-3H3,(H,42,46)(H,43,47). The fraction of sp³-hybridized carbons (Fsp3) is 0.361. The monoisotopic (exact) mass is 719 g/mol. The summed E-state index contributed by atoms with van der Waals surface area (Å²) in [6.45, 7) is 3.57. The van der Waals surface area contributed by atoms with Crippen molar-refractivity contribution >= 4 is 40.7 Å². The molecule has 6 rings (SSSR count). The number of nitrogens with one attached hydrogen (secondary N) is 3. The summed E-state index contributed by atoms with van der Waals surface area (Å²) in [7, 11) is 4.87. The Labute approximate surface area is 300 Å². The number of rotatable bonds is 13. The second-order valence-corrected chi connectivity index (χ2v) is 13.0. The largest absolute Gasteiger partial charge is 0.496 e. The molecular formula is C36H39Cl2N7O5. The van der Waals surface area contributed by atoms with Gasteiger partial charge in [0.25, 0.3) is 5.91 Å². The van der Waals surface area contributed by atoms with E-state index in [4.69, 9.17) is 42.4 Å². The molecule has 0 spiro atoms. The molecule has 0 radical (unpaired) electrons. The van der Waals surface area contributed by atoms with E-state index in [1.807, 2.05) is 12.1 Å². The number of carbonyl (C=O) groups excluding carboxylic acids is 2. The average molecular weight is 721 g/mol. The molecule has 2 amide bonds. The van der Waals surface area contributed by atoms with Crippen molar-refractivity contribution in [2.75, 3.05) is 46.3 Å². The van der Waals surface area contributed by atoms with Crippen LogP contribution >= 0.6 is 23.2 Å². The van der Waals surface area contributed by atoms with Crippen molar-refractivity contribution in [1.29, 1.82) is 0 Å². The van der Waals surface area contributed by atoms with E-state index in [1.165, 1.54) is 0 Å². The van der Waals surface area contributed by atoms with Gasteiger partial charge in [-0.05, 0) is 31.0 Å². The van der Waals surface area contributed by atoms with Crippen LogP contribution in [0.15, 0.2) is 54.9 Å². The first kappa shape index (κ1) is 35.5. The minimum absolute atomic E-state index is 0.0842. The highest BCUT2D eigenvalue weighted by Crippen LogP contribution is 2.40. The number of aromatic nitrogens is 3. The van der Waals surface area contributed by atoms with Crippen LogP contribution in [0.25, 0.3) is 22.5 Å². The lowest BCUT2D eigenvalue weighted by Gasteiger charge is -2.18. The minimum atomic E-state index is -0.443. The molecule has 4 aromatic rings. The van der Waals surface area contributed by atoms with Crippen LogP contribution in [-0.2, 0) is 22.6 Å². The van der Waals surface area contributed by atoms with E-state index in [0.29, 0.717) is 70.9 Å². The number of hydrogen-bond acceptors (Lipinski definition) is 10. The van der Waals surface area contributed by atoms with Crippen LogP contribution in [0.1, 0.15) is 40.9 Å². The Balaban J connectivity index is 1.17. The molecule has 5 heterocycles. The number of carbonyl (C=O) groups is 2. The highest BCUT2D eigenvalue weighted by Gasteiger charge is 2.25. The number of benzene rings is 1. The van der Waals surface area contributed by atoms with Crippen LogP contribution in [0, 0.1) is 0 Å². The fourth-order valence-electron chi connectivity index (χ4n) is 6.24. The van der Waals surface area contributed by atoms with Crippen molar-refractivity contribution in [3.05, 3.63) is 81.7 Å². The van der Waals surface area contributed by atoms with E-state index in [1.54, 1.807) is 64.1 Å². The van der Waals surface area contributed by atoms with Gasteiger partial charge >= 0.3 is 0 Å². The molecule has 262 valence electrons. The highest BCUT2D eigenvalue weighted by atomic mass is 35.5. The van der Waals surface area contributed by atoms with Gasteiger partial charge in [0.15, 0.2) is 0 Å². The van der Waals surface area contributed by atoms with Gasteiger partial charge in [0.05, 0.1) is 47.4 Å². The van der Waals surface area contributed by atoms with Gasteiger partial charge in [-0.25, -0.2) is 4.98 Å². The molecule has 2 atom stereocenters. The third-order valence-corrected chi connectivity index (χ3v) is 9.73. The first-order valence-electron chi connectivity index (χ1n) is 16.3. The number of anilines is 1. The zero-order valence-electron chi connectivity index (χ0n) is 28.1. The topological polar surface area (TPSA) is 140 Å². The van der Waals surface area contributed by atoms with Crippen molar-refractivity contribution < 1.29 is 23.8 Å². The van der Waals surface area contributed by atoms with Crippen LogP contribution in [0.2, 0.25) is 10.0 Å². The summed E-state index contributed by atoms with van der Waals surface area (Å²) < 4.78 is 16.7. The normalized spacial score (nSPS) is 17.5. The van der Waals surface area contributed by atoms with Gasteiger partial charge in [-0.1, -0.05) is 41.4 Å². The maximum atomic E-state index is 13.4. The predicted molar refractivity (Wildman–Crippen MR) is 192 cm³/mol. The van der Waals surface area contributed by atoms with E-state index in [9.17, 15) is 9.59 Å². The Hall–Kier alpha value is -4.33. The smallest absolute Gasteiger partial charge is 0.274 e. The van der Waals surface area contributed by atoms with Crippen molar-refractivity contribution in [3.8, 4) is 34.1 Å². The van der Waals surface area contributed by atoms with E-state index < -0.39 is 5.91 Å². The second-order valence-electron chi connectivity index (χ2n) is 12.2. The summed E-state index contributed by atoms with van der Waals surface area (Å²) in [5.74, 6) is 0.672. The van der Waals surface area contributed by atoms with Gasteiger partial charge in [-0.15, -0.1) is 0 Å². The summed E-state index contributed by atoms with van der Waals surface area (Å²) in [5.41, 5.74) is 4.50. The molecule has 2 aliphatic heterocycles. The fourth-order valence-corrected chi connectivity index (χ4v) is 6.81. The molecule has 12 nitrogen and oxygen atoms in total. The van der Waals surface area contributed by atoms with Gasteiger partial charge < -0.3 is 30.2 Å². The first-order chi connectivity index (χ1) is 24.3. The van der Waals surface area contributed by atoms with Gasteiger partial charge in [-0.2, -0.15) is 0 Å². The van der Waals surface area contributed by atoms with Gasteiger partial charge in [0.1, 0.15) is 11.4 Å². The van der Waals surface area contributed by atoms with Crippen molar-refractivity contribution in [1.82, 2.24) is 30.5 Å². The number of amides is 2. The second kappa shape index (κ2) is 16.1. The summed E-state index contributed by atoms with van der Waals surface area (Å²) in [5, 5.41) is 9.81. The maximum absolute atomic E-state index is 13.4. The van der Waals surface area contributed by atoms with Crippen molar-refractivity contribution in [2.24, 2.45) is 0 Å². The number of hydrogen-bond donors (Lipinski definition) is 3. The lowest BCUT2D eigenvalue weighted by atomic mass is 10.1. The molecule has 2 aliphatic rings. The van der Waals surface area contributed by atoms with Crippen molar-refractivity contribution in [3.63, 3.8) is 0 Å². The molecule has 2 saturated heterocycles. The third-order valence-electron chi connectivity index (χ3n) is 8.94. The molecule has 2 fully saturated rings.